The number of nitrogens with one attached hydrogen (secondary N) is 2. The van der Waals surface area contributed by atoms with E-state index in [-0.39, 0.29) is 5.41 Å². The number of rotatable bonds is 4. The van der Waals surface area contributed by atoms with Gasteiger partial charge >= 0.3 is 0 Å². The van der Waals surface area contributed by atoms with Crippen LogP contribution in [0.25, 0.3) is 0 Å². The molecule has 0 aromatic heterocycles. The van der Waals surface area contributed by atoms with Crippen LogP contribution in [0.1, 0.15) is 20.3 Å². The second kappa shape index (κ2) is 5.31. The average molecular weight is 290 g/mol. The van der Waals surface area contributed by atoms with Gasteiger partial charge in [0.25, 0.3) is 0 Å². The lowest BCUT2D eigenvalue weighted by molar-refractivity contribution is -0.118. The molecule has 0 radical (unpaired) electrons. The minimum absolute atomic E-state index is 0.117. The summed E-state index contributed by atoms with van der Waals surface area (Å²) < 4.78 is 5.80. The zero-order chi connectivity index (χ0) is 15.0. The number of carbonyl (C=O) groups excluding carboxylic acids is 1. The van der Waals surface area contributed by atoms with Gasteiger partial charge in [-0.25, -0.2) is 0 Å². The molecule has 1 aliphatic carbocycles. The zero-order valence-corrected chi connectivity index (χ0v) is 12.4. The molecule has 5 nitrogen and oxygen atoms in total. The van der Waals surface area contributed by atoms with Crippen LogP contribution in [0.4, 0.5) is 11.4 Å². The highest BCUT2D eigenvalue weighted by Gasteiger charge is 2.59. The van der Waals surface area contributed by atoms with Crippen molar-refractivity contribution in [2.45, 2.75) is 32.4 Å². The summed E-state index contributed by atoms with van der Waals surface area (Å²) >= 11 is 0. The molecule has 114 valence electrons. The van der Waals surface area contributed by atoms with Crippen LogP contribution in [0.2, 0.25) is 0 Å². The van der Waals surface area contributed by atoms with Crippen molar-refractivity contribution >= 4 is 17.3 Å². The molecule has 0 bridgehead atoms. The van der Waals surface area contributed by atoms with Crippen molar-refractivity contribution in [3.05, 3.63) is 24.3 Å². The fourth-order valence-corrected chi connectivity index (χ4v) is 3.68. The lowest BCUT2D eigenvalue weighted by Crippen LogP contribution is -2.63. The first-order chi connectivity index (χ1) is 10.0. The third kappa shape index (κ3) is 2.51. The average Bonchev–Trinajstić information content (AvgIpc) is 2.92. The summed E-state index contributed by atoms with van der Waals surface area (Å²) in [5, 5.41) is 15.0. The standard InChI is InChI=1S/C16H22N2O3/c1-16(2)14(12-6-7-21-15(12)16)18-11-5-3-4-10(8-11)17-13(20)9-19/h3-5,8,12,14-15,18-19H,6-7,9H2,1-2H3,(H,17,20). The van der Waals surface area contributed by atoms with E-state index in [0.717, 1.165) is 18.7 Å². The van der Waals surface area contributed by atoms with E-state index in [1.807, 2.05) is 24.3 Å². The van der Waals surface area contributed by atoms with Gasteiger partial charge in [0.15, 0.2) is 0 Å². The lowest BCUT2D eigenvalue weighted by Gasteiger charge is -2.55. The number of ether oxygens (including phenoxy) is 1. The normalized spacial score (nSPS) is 29.4. The molecule has 3 N–H and O–H groups in total. The van der Waals surface area contributed by atoms with E-state index in [1.54, 1.807) is 0 Å². The first-order valence-corrected chi connectivity index (χ1v) is 7.41. The predicted octanol–water partition coefficient (Wildman–Crippen LogP) is 1.84. The fourth-order valence-electron chi connectivity index (χ4n) is 3.68. The van der Waals surface area contributed by atoms with Gasteiger partial charge < -0.3 is 20.5 Å². The number of hydrogen-bond donors (Lipinski definition) is 3. The highest BCUT2D eigenvalue weighted by Crippen LogP contribution is 2.53. The van der Waals surface area contributed by atoms with Gasteiger partial charge in [-0.1, -0.05) is 19.9 Å². The second-order valence-electron chi connectivity index (χ2n) is 6.47. The Morgan fingerprint density at radius 1 is 1.43 bits per heavy atom. The van der Waals surface area contributed by atoms with Crippen molar-refractivity contribution in [1.29, 1.82) is 0 Å². The predicted molar refractivity (Wildman–Crippen MR) is 81.2 cm³/mol. The van der Waals surface area contributed by atoms with E-state index in [1.165, 1.54) is 0 Å². The molecule has 3 atom stereocenters. The molecule has 1 aromatic carbocycles. The van der Waals surface area contributed by atoms with Crippen LogP contribution in [-0.4, -0.2) is 36.4 Å². The van der Waals surface area contributed by atoms with Crippen molar-refractivity contribution in [3.63, 3.8) is 0 Å². The van der Waals surface area contributed by atoms with Crippen LogP contribution in [0, 0.1) is 11.3 Å². The number of aliphatic hydroxyl groups is 1. The molecular formula is C16H22N2O3. The van der Waals surface area contributed by atoms with Gasteiger partial charge in [0, 0.05) is 35.4 Å². The minimum atomic E-state index is -0.506. The molecular weight excluding hydrogens is 268 g/mol. The monoisotopic (exact) mass is 290 g/mol. The molecule has 5 heteroatoms. The molecule has 3 rings (SSSR count). The van der Waals surface area contributed by atoms with Crippen molar-refractivity contribution in [2.75, 3.05) is 23.8 Å². The first kappa shape index (κ1) is 14.4. The Balaban J connectivity index is 1.70. The van der Waals surface area contributed by atoms with E-state index in [9.17, 15) is 4.79 Å². The highest BCUT2D eigenvalue weighted by atomic mass is 16.5. The molecule has 0 spiro atoms. The maximum atomic E-state index is 11.2. The van der Waals surface area contributed by atoms with Crippen LogP contribution < -0.4 is 10.6 Å². The summed E-state index contributed by atoms with van der Waals surface area (Å²) in [6, 6.07) is 7.98. The maximum absolute atomic E-state index is 11.2. The molecule has 1 aromatic rings. The zero-order valence-electron chi connectivity index (χ0n) is 12.4. The van der Waals surface area contributed by atoms with E-state index >= 15 is 0 Å². The molecule has 1 heterocycles. The van der Waals surface area contributed by atoms with Crippen LogP contribution in [0.5, 0.6) is 0 Å². The number of hydrogen-bond acceptors (Lipinski definition) is 4. The molecule has 1 amide bonds. The Hall–Kier alpha value is -1.59. The van der Waals surface area contributed by atoms with Crippen LogP contribution in [0.15, 0.2) is 24.3 Å². The molecule has 2 aliphatic rings. The Kier molecular flexibility index (Phi) is 3.63. The first-order valence-electron chi connectivity index (χ1n) is 7.41. The Morgan fingerprint density at radius 3 is 2.95 bits per heavy atom. The summed E-state index contributed by atoms with van der Waals surface area (Å²) in [6.45, 7) is 4.81. The third-order valence-electron chi connectivity index (χ3n) is 4.71. The van der Waals surface area contributed by atoms with Gasteiger partial charge in [-0.05, 0) is 24.6 Å². The van der Waals surface area contributed by atoms with Gasteiger partial charge in [0.05, 0.1) is 6.10 Å². The Labute approximate surface area is 124 Å². The Morgan fingerprint density at radius 2 is 2.19 bits per heavy atom. The van der Waals surface area contributed by atoms with Crippen molar-refractivity contribution in [3.8, 4) is 0 Å². The molecule has 1 aliphatic heterocycles. The summed E-state index contributed by atoms with van der Waals surface area (Å²) in [5.74, 6) is 0.163. The van der Waals surface area contributed by atoms with Gasteiger partial charge in [-0.15, -0.1) is 0 Å². The van der Waals surface area contributed by atoms with Gasteiger partial charge in [-0.3, -0.25) is 4.79 Å². The van der Waals surface area contributed by atoms with E-state index in [4.69, 9.17) is 9.84 Å². The number of carbonyl (C=O) groups is 1. The summed E-state index contributed by atoms with van der Waals surface area (Å²) in [5.41, 5.74) is 1.79. The summed E-state index contributed by atoms with van der Waals surface area (Å²) in [4.78, 5) is 11.2. The van der Waals surface area contributed by atoms with Crippen molar-refractivity contribution < 1.29 is 14.6 Å². The van der Waals surface area contributed by atoms with Crippen molar-refractivity contribution in [2.24, 2.45) is 11.3 Å². The molecule has 1 saturated carbocycles. The van der Waals surface area contributed by atoms with Crippen LogP contribution in [-0.2, 0) is 9.53 Å². The highest BCUT2D eigenvalue weighted by molar-refractivity contribution is 5.91. The van der Waals surface area contributed by atoms with E-state index in [0.29, 0.717) is 23.8 Å². The number of aliphatic hydroxyl groups excluding tert-OH is 1. The smallest absolute Gasteiger partial charge is 0.250 e. The lowest BCUT2D eigenvalue weighted by atomic mass is 9.57. The van der Waals surface area contributed by atoms with Crippen LogP contribution >= 0.6 is 0 Å². The molecule has 21 heavy (non-hydrogen) atoms. The van der Waals surface area contributed by atoms with E-state index in [2.05, 4.69) is 24.5 Å². The molecule has 2 fully saturated rings. The van der Waals surface area contributed by atoms with Gasteiger partial charge in [0.2, 0.25) is 5.91 Å². The van der Waals surface area contributed by atoms with Gasteiger partial charge in [0.1, 0.15) is 6.61 Å². The maximum Gasteiger partial charge on any atom is 0.250 e. The molecule has 3 unspecified atom stereocenters. The number of amides is 1. The Bertz CT molecular complexity index is 544. The van der Waals surface area contributed by atoms with Crippen LogP contribution in [0.3, 0.4) is 0 Å². The number of fused-ring (bicyclic) bond motifs is 1. The summed E-state index contributed by atoms with van der Waals surface area (Å²) in [6.07, 6.45) is 1.46. The van der Waals surface area contributed by atoms with Gasteiger partial charge in [-0.2, -0.15) is 0 Å². The second-order valence-corrected chi connectivity index (χ2v) is 6.47. The fraction of sp³-hybridized carbons (Fsp3) is 0.562. The number of benzene rings is 1. The largest absolute Gasteiger partial charge is 0.387 e. The minimum Gasteiger partial charge on any atom is -0.387 e. The van der Waals surface area contributed by atoms with E-state index < -0.39 is 12.5 Å². The molecule has 1 saturated heterocycles. The number of anilines is 2. The topological polar surface area (TPSA) is 70.6 Å². The van der Waals surface area contributed by atoms with Crippen molar-refractivity contribution in [1.82, 2.24) is 0 Å². The SMILES string of the molecule is CC1(C)C(Nc2cccc(NC(=O)CO)c2)C2CCOC21. The third-order valence-corrected chi connectivity index (χ3v) is 4.71. The quantitative estimate of drug-likeness (QED) is 0.791. The summed E-state index contributed by atoms with van der Waals surface area (Å²) in [7, 11) is 0.